The van der Waals surface area contributed by atoms with Gasteiger partial charge in [-0.25, -0.2) is 0 Å². The average Bonchev–Trinajstić information content (AvgIpc) is 2.48. The summed E-state index contributed by atoms with van der Waals surface area (Å²) in [7, 11) is 0. The zero-order valence-corrected chi connectivity index (χ0v) is 11.6. The van der Waals surface area contributed by atoms with Gasteiger partial charge < -0.3 is 10.1 Å². The highest BCUT2D eigenvalue weighted by Gasteiger charge is 2.27. The molecule has 1 N–H and O–H groups in total. The number of ether oxygens (including phenoxy) is 1. The van der Waals surface area contributed by atoms with Crippen LogP contribution in [0.2, 0.25) is 0 Å². The Morgan fingerprint density at radius 1 is 1.50 bits per heavy atom. The predicted octanol–water partition coefficient (Wildman–Crippen LogP) is 1.15. The largest absolute Gasteiger partial charge is 0.491 e. The maximum Gasteiger partial charge on any atom is 0.237 e. The summed E-state index contributed by atoms with van der Waals surface area (Å²) in [4.78, 5) is 13.9. The molecule has 20 heavy (non-hydrogen) atoms. The molecule has 0 spiro atoms. The lowest BCUT2D eigenvalue weighted by molar-refractivity contribution is -0.129. The van der Waals surface area contributed by atoms with Crippen molar-refractivity contribution in [2.24, 2.45) is 0 Å². The second-order valence-electron chi connectivity index (χ2n) is 4.71. The van der Waals surface area contributed by atoms with E-state index in [-0.39, 0.29) is 11.9 Å². The van der Waals surface area contributed by atoms with E-state index >= 15 is 0 Å². The molecular weight excluding hydrogens is 254 g/mol. The molecule has 1 saturated heterocycles. The van der Waals surface area contributed by atoms with E-state index in [9.17, 15) is 4.79 Å². The van der Waals surface area contributed by atoms with Gasteiger partial charge in [0.15, 0.2) is 0 Å². The van der Waals surface area contributed by atoms with Crippen LogP contribution < -0.4 is 10.1 Å². The van der Waals surface area contributed by atoms with Crippen LogP contribution in [-0.2, 0) is 4.79 Å². The van der Waals surface area contributed by atoms with Crippen LogP contribution in [0.4, 0.5) is 0 Å². The van der Waals surface area contributed by atoms with Gasteiger partial charge in [0.2, 0.25) is 5.91 Å². The number of benzene rings is 1. The Morgan fingerprint density at radius 2 is 2.30 bits per heavy atom. The van der Waals surface area contributed by atoms with Crippen LogP contribution in [0.1, 0.15) is 18.9 Å². The number of nitrogens with zero attached hydrogens (tertiary/aromatic N) is 2. The van der Waals surface area contributed by atoms with Crippen molar-refractivity contribution in [1.82, 2.24) is 10.2 Å². The normalized spacial score (nSPS) is 19.2. The molecule has 0 aromatic heterocycles. The van der Waals surface area contributed by atoms with Gasteiger partial charge in [0.05, 0.1) is 11.6 Å². The number of nitrogens with one attached hydrogen (secondary N) is 1. The van der Waals surface area contributed by atoms with E-state index in [2.05, 4.69) is 16.3 Å². The van der Waals surface area contributed by atoms with Gasteiger partial charge in [-0.05, 0) is 18.6 Å². The topological polar surface area (TPSA) is 65.4 Å². The Bertz CT molecular complexity index is 510. The average molecular weight is 273 g/mol. The fraction of sp³-hybridized carbons (Fsp3) is 0.467. The quantitative estimate of drug-likeness (QED) is 0.874. The van der Waals surface area contributed by atoms with E-state index in [0.29, 0.717) is 31.0 Å². The summed E-state index contributed by atoms with van der Waals surface area (Å²) in [5, 5.41) is 11.9. The summed E-state index contributed by atoms with van der Waals surface area (Å²) in [6.45, 7) is 4.69. The minimum Gasteiger partial charge on any atom is -0.491 e. The third-order valence-electron chi connectivity index (χ3n) is 3.47. The molecular formula is C15H19N3O2. The van der Waals surface area contributed by atoms with Gasteiger partial charge in [-0.3, -0.25) is 9.69 Å². The third-order valence-corrected chi connectivity index (χ3v) is 3.47. The van der Waals surface area contributed by atoms with Gasteiger partial charge in [-0.2, -0.15) is 5.26 Å². The number of nitriles is 1. The molecule has 0 aliphatic carbocycles. The first kappa shape index (κ1) is 14.4. The monoisotopic (exact) mass is 273 g/mol. The Kier molecular flexibility index (Phi) is 4.97. The Balaban J connectivity index is 1.89. The van der Waals surface area contributed by atoms with Crippen LogP contribution >= 0.6 is 0 Å². The van der Waals surface area contributed by atoms with Crippen LogP contribution in [-0.4, -0.2) is 43.1 Å². The molecule has 1 unspecified atom stereocenters. The predicted molar refractivity (Wildman–Crippen MR) is 75.3 cm³/mol. The third kappa shape index (κ3) is 3.28. The van der Waals surface area contributed by atoms with Gasteiger partial charge in [0.25, 0.3) is 0 Å². The molecule has 1 aromatic carbocycles. The first-order valence-electron chi connectivity index (χ1n) is 6.90. The van der Waals surface area contributed by atoms with Gasteiger partial charge >= 0.3 is 0 Å². The second-order valence-corrected chi connectivity index (χ2v) is 4.71. The highest BCUT2D eigenvalue weighted by molar-refractivity contribution is 5.82. The fourth-order valence-electron chi connectivity index (χ4n) is 2.43. The second kappa shape index (κ2) is 6.92. The van der Waals surface area contributed by atoms with Gasteiger partial charge in [0, 0.05) is 19.6 Å². The smallest absolute Gasteiger partial charge is 0.237 e. The Morgan fingerprint density at radius 3 is 3.05 bits per heavy atom. The molecule has 1 atom stereocenters. The molecule has 1 fully saturated rings. The number of hydrogen-bond acceptors (Lipinski definition) is 4. The SMILES string of the molecule is CCC1C(=O)NCCN1CCOc1ccccc1C#N. The van der Waals surface area contributed by atoms with E-state index in [0.717, 1.165) is 13.0 Å². The molecule has 1 amide bonds. The summed E-state index contributed by atoms with van der Waals surface area (Å²) in [5.74, 6) is 0.695. The Hall–Kier alpha value is -2.06. The molecule has 5 nitrogen and oxygen atoms in total. The van der Waals surface area contributed by atoms with Crippen molar-refractivity contribution in [3.63, 3.8) is 0 Å². The van der Waals surface area contributed by atoms with Gasteiger partial charge in [0.1, 0.15) is 18.4 Å². The van der Waals surface area contributed by atoms with Crippen LogP contribution in [0.25, 0.3) is 0 Å². The zero-order valence-electron chi connectivity index (χ0n) is 11.6. The molecule has 0 bridgehead atoms. The highest BCUT2D eigenvalue weighted by Crippen LogP contribution is 2.16. The number of carbonyl (C=O) groups excluding carboxylic acids is 1. The molecule has 106 valence electrons. The fourth-order valence-corrected chi connectivity index (χ4v) is 2.43. The minimum atomic E-state index is -0.0708. The van der Waals surface area contributed by atoms with Crippen LogP contribution in [0.3, 0.4) is 0 Å². The molecule has 2 rings (SSSR count). The minimum absolute atomic E-state index is 0.0708. The summed E-state index contributed by atoms with van der Waals surface area (Å²) >= 11 is 0. The lowest BCUT2D eigenvalue weighted by atomic mass is 10.1. The zero-order chi connectivity index (χ0) is 14.4. The van der Waals surface area contributed by atoms with Crippen LogP contribution in [0, 0.1) is 11.3 Å². The van der Waals surface area contributed by atoms with E-state index < -0.39 is 0 Å². The lowest BCUT2D eigenvalue weighted by Gasteiger charge is -2.34. The van der Waals surface area contributed by atoms with Crippen molar-refractivity contribution >= 4 is 5.91 Å². The maximum atomic E-state index is 11.7. The van der Waals surface area contributed by atoms with E-state index in [4.69, 9.17) is 10.00 Å². The van der Waals surface area contributed by atoms with Gasteiger partial charge in [-0.1, -0.05) is 19.1 Å². The number of amides is 1. The van der Waals surface area contributed by atoms with Crippen molar-refractivity contribution in [2.75, 3.05) is 26.2 Å². The molecule has 1 aromatic rings. The number of carbonyl (C=O) groups is 1. The lowest BCUT2D eigenvalue weighted by Crippen LogP contribution is -2.55. The molecule has 1 heterocycles. The summed E-state index contributed by atoms with van der Waals surface area (Å²) in [6.07, 6.45) is 0.792. The van der Waals surface area contributed by atoms with Crippen molar-refractivity contribution < 1.29 is 9.53 Å². The van der Waals surface area contributed by atoms with Crippen LogP contribution in [0.15, 0.2) is 24.3 Å². The molecule has 1 aliphatic rings. The van der Waals surface area contributed by atoms with E-state index in [1.54, 1.807) is 12.1 Å². The number of hydrogen-bond donors (Lipinski definition) is 1. The first-order chi connectivity index (χ1) is 9.76. The van der Waals surface area contributed by atoms with Gasteiger partial charge in [-0.15, -0.1) is 0 Å². The maximum absolute atomic E-state index is 11.7. The van der Waals surface area contributed by atoms with Crippen molar-refractivity contribution in [1.29, 1.82) is 5.26 Å². The highest BCUT2D eigenvalue weighted by atomic mass is 16.5. The molecule has 0 radical (unpaired) electrons. The summed E-state index contributed by atoms with van der Waals surface area (Å²) in [5.41, 5.74) is 0.538. The standard InChI is InChI=1S/C15H19N3O2/c1-2-13-15(19)17-7-8-18(13)9-10-20-14-6-4-3-5-12(14)11-16/h3-6,13H,2,7-10H2,1H3,(H,17,19). The molecule has 0 saturated carbocycles. The molecule has 5 heteroatoms. The molecule has 1 aliphatic heterocycles. The summed E-state index contributed by atoms with van der Waals surface area (Å²) in [6, 6.07) is 9.22. The summed E-state index contributed by atoms with van der Waals surface area (Å²) < 4.78 is 5.66. The number of para-hydroxylation sites is 1. The number of piperazine rings is 1. The number of rotatable bonds is 5. The first-order valence-corrected chi connectivity index (χ1v) is 6.90. The van der Waals surface area contributed by atoms with E-state index in [1.807, 2.05) is 19.1 Å². The van der Waals surface area contributed by atoms with Crippen molar-refractivity contribution in [3.05, 3.63) is 29.8 Å². The Labute approximate surface area is 119 Å². The van der Waals surface area contributed by atoms with Crippen LogP contribution in [0.5, 0.6) is 5.75 Å². The van der Waals surface area contributed by atoms with Crippen molar-refractivity contribution in [2.45, 2.75) is 19.4 Å². The van der Waals surface area contributed by atoms with E-state index in [1.165, 1.54) is 0 Å². The van der Waals surface area contributed by atoms with Crippen molar-refractivity contribution in [3.8, 4) is 11.8 Å².